The van der Waals surface area contributed by atoms with Crippen molar-refractivity contribution in [2.75, 3.05) is 21.3 Å². The monoisotopic (exact) mass is 563 g/mol. The molecule has 5 N–H and O–H groups in total. The van der Waals surface area contributed by atoms with Crippen molar-refractivity contribution in [2.24, 2.45) is 17.6 Å². The average Bonchev–Trinajstić information content (AvgIpc) is 3.28. The number of amides is 1. The second-order valence-corrected chi connectivity index (χ2v) is 11.6. The number of primary amides is 1. The molecular formula is C31H33NO9. The highest BCUT2D eigenvalue weighted by atomic mass is 16.5. The summed E-state index contributed by atoms with van der Waals surface area (Å²) in [4.78, 5) is 39.5. The van der Waals surface area contributed by atoms with Crippen LogP contribution in [0.5, 0.6) is 17.2 Å². The number of ether oxygens (including phenoxy) is 3. The number of aliphatic hydroxyl groups excluding tert-OH is 1. The van der Waals surface area contributed by atoms with Gasteiger partial charge in [0.2, 0.25) is 5.78 Å². The molecular weight excluding hydrogens is 530 g/mol. The molecule has 10 nitrogen and oxygen atoms in total. The summed E-state index contributed by atoms with van der Waals surface area (Å²) in [5, 5.41) is 35.3. The number of ketones is 2. The second kappa shape index (κ2) is 8.80. The third kappa shape index (κ3) is 3.06. The van der Waals surface area contributed by atoms with Crippen molar-refractivity contribution in [1.29, 1.82) is 0 Å². The first-order valence-electron chi connectivity index (χ1n) is 13.6. The van der Waals surface area contributed by atoms with Gasteiger partial charge in [0, 0.05) is 41.9 Å². The molecule has 0 radical (unpaired) electrons. The summed E-state index contributed by atoms with van der Waals surface area (Å²) in [6.07, 6.45) is 2.98. The Morgan fingerprint density at radius 2 is 1.83 bits per heavy atom. The van der Waals surface area contributed by atoms with Crippen molar-refractivity contribution in [3.63, 3.8) is 0 Å². The fourth-order valence-corrected chi connectivity index (χ4v) is 8.21. The van der Waals surface area contributed by atoms with Crippen LogP contribution in [0.3, 0.4) is 0 Å². The van der Waals surface area contributed by atoms with E-state index in [0.29, 0.717) is 23.1 Å². The number of allylic oxidation sites excluding steroid dienone is 2. The molecule has 216 valence electrons. The molecule has 0 saturated carbocycles. The number of Topliss-reactive ketones (excluding diaryl/α,β-unsaturated/α-hetero) is 2. The van der Waals surface area contributed by atoms with Crippen molar-refractivity contribution in [1.82, 2.24) is 0 Å². The number of hydrogen-bond donors (Lipinski definition) is 4. The van der Waals surface area contributed by atoms with E-state index in [4.69, 9.17) is 19.9 Å². The summed E-state index contributed by atoms with van der Waals surface area (Å²) < 4.78 is 17.6. The highest BCUT2D eigenvalue weighted by molar-refractivity contribution is 6.23. The van der Waals surface area contributed by atoms with Crippen molar-refractivity contribution in [3.8, 4) is 17.2 Å². The number of hydrogen-bond acceptors (Lipinski definition) is 9. The zero-order chi connectivity index (χ0) is 29.8. The van der Waals surface area contributed by atoms with E-state index >= 15 is 0 Å². The molecule has 2 aromatic rings. The van der Waals surface area contributed by atoms with E-state index in [1.165, 1.54) is 20.3 Å². The Balaban J connectivity index is 1.79. The first kappa shape index (κ1) is 27.3. The molecule has 1 spiro atoms. The molecule has 0 aliphatic heterocycles. The zero-order valence-electron chi connectivity index (χ0n) is 23.6. The fraction of sp³-hybridized carbons (Fsp3) is 0.452. The summed E-state index contributed by atoms with van der Waals surface area (Å²) in [6.45, 7) is 4.25. The van der Waals surface area contributed by atoms with Gasteiger partial charge < -0.3 is 35.3 Å². The van der Waals surface area contributed by atoms with E-state index in [-0.39, 0.29) is 28.4 Å². The molecule has 10 heteroatoms. The van der Waals surface area contributed by atoms with E-state index < -0.39 is 58.3 Å². The van der Waals surface area contributed by atoms with Crippen LogP contribution in [-0.4, -0.2) is 59.7 Å². The molecule has 0 bridgehead atoms. The number of methoxy groups -OCH3 is 3. The van der Waals surface area contributed by atoms with Gasteiger partial charge in [-0.05, 0) is 43.2 Å². The SMILES string of the molecule is COc1cc(O)c2c(OC)c3c(c4c2c1[C@]1(C4)C(C)=CCCC1C)[C@@H](OC)[C@H]1CC(=O)C(C(N)=O)=C(O)[C@@]1(O)C3=O. The molecule has 1 amide bonds. The number of benzene rings is 2. The molecule has 5 atom stereocenters. The van der Waals surface area contributed by atoms with E-state index in [0.717, 1.165) is 29.5 Å². The van der Waals surface area contributed by atoms with Crippen LogP contribution in [-0.2, 0) is 26.2 Å². The lowest BCUT2D eigenvalue weighted by Crippen LogP contribution is -2.58. The molecule has 41 heavy (non-hydrogen) atoms. The fourth-order valence-electron chi connectivity index (χ4n) is 8.21. The first-order valence-corrected chi connectivity index (χ1v) is 13.6. The van der Waals surface area contributed by atoms with Crippen LogP contribution >= 0.6 is 0 Å². The highest BCUT2D eigenvalue weighted by Crippen LogP contribution is 2.64. The molecule has 0 heterocycles. The van der Waals surface area contributed by atoms with Crippen molar-refractivity contribution >= 4 is 28.2 Å². The Hall–Kier alpha value is -3.89. The van der Waals surface area contributed by atoms with Gasteiger partial charge in [-0.1, -0.05) is 18.6 Å². The van der Waals surface area contributed by atoms with Gasteiger partial charge in [0.1, 0.15) is 28.6 Å². The maximum absolute atomic E-state index is 14.4. The Morgan fingerprint density at radius 1 is 1.12 bits per heavy atom. The van der Waals surface area contributed by atoms with Gasteiger partial charge >= 0.3 is 0 Å². The van der Waals surface area contributed by atoms with Crippen LogP contribution < -0.4 is 15.2 Å². The normalized spacial score (nSPS) is 30.4. The Labute approximate surface area is 236 Å². The standard InChI is InChI=1S/C31H33NO9/c1-12-7-6-8-13(2)30(12)11-14-19-21(17(34)10-18(39-3)24(19)30)26(41-5)23-20(14)25(40-4)15-9-16(33)22(29(32)37)27(35)31(15,38)28(23)36/h7,10,13,15,25,34-35,38H,6,8-9,11H2,1-5H3,(H2,32,37)/t13?,15-,25+,30-,31-/m1/s1. The molecule has 1 unspecified atom stereocenters. The third-order valence-corrected chi connectivity index (χ3v) is 10.1. The van der Waals surface area contributed by atoms with Crippen LogP contribution in [0.15, 0.2) is 29.0 Å². The van der Waals surface area contributed by atoms with Crippen molar-refractivity contribution in [3.05, 3.63) is 51.3 Å². The number of phenolic OH excluding ortho intramolecular Hbond substituents is 1. The number of fused-ring (bicyclic) bond motifs is 4. The van der Waals surface area contributed by atoms with Gasteiger partial charge in [0.25, 0.3) is 5.91 Å². The predicted molar refractivity (Wildman–Crippen MR) is 147 cm³/mol. The number of rotatable bonds is 4. The lowest BCUT2D eigenvalue weighted by Gasteiger charge is -2.46. The number of nitrogens with two attached hydrogens (primary N) is 1. The van der Waals surface area contributed by atoms with Gasteiger partial charge in [0.15, 0.2) is 11.4 Å². The minimum atomic E-state index is -2.69. The molecule has 4 aliphatic rings. The van der Waals surface area contributed by atoms with Gasteiger partial charge in [-0.3, -0.25) is 14.4 Å². The predicted octanol–water partition coefficient (Wildman–Crippen LogP) is 3.23. The Bertz CT molecular complexity index is 1650. The lowest BCUT2D eigenvalue weighted by atomic mass is 9.61. The average molecular weight is 564 g/mol. The van der Waals surface area contributed by atoms with Crippen molar-refractivity contribution in [2.45, 2.75) is 56.7 Å². The maximum Gasteiger partial charge on any atom is 0.255 e. The molecule has 2 aromatic carbocycles. The Kier molecular flexibility index (Phi) is 5.86. The van der Waals surface area contributed by atoms with Crippen LogP contribution in [0.4, 0.5) is 0 Å². The minimum Gasteiger partial charge on any atom is -0.508 e. The Morgan fingerprint density at radius 3 is 2.41 bits per heavy atom. The van der Waals surface area contributed by atoms with Crippen LogP contribution in [0.1, 0.15) is 66.3 Å². The minimum absolute atomic E-state index is 0.00783. The van der Waals surface area contributed by atoms with Gasteiger partial charge in [0.05, 0.1) is 31.3 Å². The number of carbonyl (C=O) groups is 3. The molecule has 0 saturated heterocycles. The molecule has 0 fully saturated rings. The summed E-state index contributed by atoms with van der Waals surface area (Å²) in [5.41, 5.74) is 4.43. The number of carbonyl (C=O) groups excluding carboxylic acids is 3. The largest absolute Gasteiger partial charge is 0.508 e. The third-order valence-electron chi connectivity index (χ3n) is 10.1. The van der Waals surface area contributed by atoms with E-state index in [2.05, 4.69) is 19.9 Å². The number of phenols is 1. The van der Waals surface area contributed by atoms with Crippen LogP contribution in [0.2, 0.25) is 0 Å². The van der Waals surface area contributed by atoms with E-state index in [1.807, 2.05) is 0 Å². The number of aliphatic hydroxyl groups is 2. The zero-order valence-corrected chi connectivity index (χ0v) is 23.6. The van der Waals surface area contributed by atoms with Crippen LogP contribution in [0.25, 0.3) is 10.8 Å². The van der Waals surface area contributed by atoms with Gasteiger partial charge in [-0.25, -0.2) is 0 Å². The lowest BCUT2D eigenvalue weighted by molar-refractivity contribution is -0.131. The van der Waals surface area contributed by atoms with Crippen molar-refractivity contribution < 1.29 is 43.9 Å². The van der Waals surface area contributed by atoms with E-state index in [1.54, 1.807) is 7.11 Å². The molecule has 6 rings (SSSR count). The van der Waals surface area contributed by atoms with Gasteiger partial charge in [-0.15, -0.1) is 0 Å². The smallest absolute Gasteiger partial charge is 0.255 e. The quantitative estimate of drug-likeness (QED) is 0.323. The van der Waals surface area contributed by atoms with Gasteiger partial charge in [-0.2, -0.15) is 0 Å². The second-order valence-electron chi connectivity index (χ2n) is 11.6. The number of aromatic hydroxyl groups is 1. The molecule has 0 aromatic heterocycles. The summed E-state index contributed by atoms with van der Waals surface area (Å²) >= 11 is 0. The summed E-state index contributed by atoms with van der Waals surface area (Å²) in [5.74, 6) is -4.87. The summed E-state index contributed by atoms with van der Waals surface area (Å²) in [6, 6.07) is 1.51. The topological polar surface area (TPSA) is 166 Å². The first-order chi connectivity index (χ1) is 19.4. The maximum atomic E-state index is 14.4. The van der Waals surface area contributed by atoms with Crippen LogP contribution in [0, 0.1) is 11.8 Å². The highest BCUT2D eigenvalue weighted by Gasteiger charge is 2.63. The van der Waals surface area contributed by atoms with E-state index in [9.17, 15) is 29.7 Å². The molecule has 4 aliphatic carbocycles. The summed E-state index contributed by atoms with van der Waals surface area (Å²) in [7, 11) is 4.29.